The van der Waals surface area contributed by atoms with Gasteiger partial charge in [0.2, 0.25) is 0 Å². The van der Waals surface area contributed by atoms with E-state index in [2.05, 4.69) is 29.7 Å². The van der Waals surface area contributed by atoms with Crippen molar-refractivity contribution in [2.45, 2.75) is 32.7 Å². The molecular weight excluding hydrogens is 326 g/mol. The number of nitrogens with zero attached hydrogens (tertiary/aromatic N) is 1. The molecule has 2 N–H and O–H groups in total. The zero-order valence-electron chi connectivity index (χ0n) is 14.9. The average molecular weight is 347 g/mol. The van der Waals surface area contributed by atoms with E-state index >= 15 is 0 Å². The van der Waals surface area contributed by atoms with Crippen molar-refractivity contribution in [3.63, 3.8) is 0 Å². The van der Waals surface area contributed by atoms with Crippen LogP contribution in [0.4, 0.5) is 17.1 Å². The molecule has 0 amide bonds. The molecule has 0 bridgehead atoms. The standard InChI is InChI=1S/C21H21N3O2/c1-21(2)11-17-19(18(25)12-21)20(13-7-9-14(24-26)10-8-13)23-16-6-4-3-5-15(16)22-17/h3-10,20,22-23H,11-12H2,1-2H3. The van der Waals surface area contributed by atoms with E-state index in [-0.39, 0.29) is 17.2 Å². The summed E-state index contributed by atoms with van der Waals surface area (Å²) in [6.45, 7) is 4.25. The highest BCUT2D eigenvalue weighted by atomic mass is 16.3. The maximum absolute atomic E-state index is 13.0. The number of carbonyl (C=O) groups is 1. The molecule has 26 heavy (non-hydrogen) atoms. The number of hydrogen-bond donors (Lipinski definition) is 2. The number of para-hydroxylation sites is 2. The van der Waals surface area contributed by atoms with Crippen molar-refractivity contribution in [1.29, 1.82) is 0 Å². The van der Waals surface area contributed by atoms with Crippen molar-refractivity contribution in [1.82, 2.24) is 0 Å². The van der Waals surface area contributed by atoms with Crippen LogP contribution in [0.1, 0.15) is 38.3 Å². The Labute approximate surface area is 152 Å². The highest BCUT2D eigenvalue weighted by Gasteiger charge is 2.38. The van der Waals surface area contributed by atoms with Gasteiger partial charge >= 0.3 is 0 Å². The summed E-state index contributed by atoms with van der Waals surface area (Å²) >= 11 is 0. The molecular formula is C21H21N3O2. The number of Topliss-reactive ketones (excluding diaryl/α,β-unsaturated/α-hetero) is 1. The fourth-order valence-corrected chi connectivity index (χ4v) is 3.87. The predicted molar refractivity (Wildman–Crippen MR) is 103 cm³/mol. The largest absolute Gasteiger partial charge is 0.372 e. The van der Waals surface area contributed by atoms with Crippen LogP contribution in [0.3, 0.4) is 0 Å². The lowest BCUT2D eigenvalue weighted by Gasteiger charge is -2.34. The first kappa shape index (κ1) is 16.5. The minimum absolute atomic E-state index is 0.0714. The first-order valence-electron chi connectivity index (χ1n) is 8.79. The Morgan fingerprint density at radius 1 is 1.00 bits per heavy atom. The highest BCUT2D eigenvalue weighted by molar-refractivity contribution is 6.01. The van der Waals surface area contributed by atoms with Crippen molar-refractivity contribution >= 4 is 22.8 Å². The third-order valence-corrected chi connectivity index (χ3v) is 5.05. The minimum Gasteiger partial charge on any atom is -0.372 e. The summed E-state index contributed by atoms with van der Waals surface area (Å²) in [6, 6.07) is 14.8. The number of anilines is 2. The average Bonchev–Trinajstić information content (AvgIpc) is 2.77. The van der Waals surface area contributed by atoms with Crippen LogP contribution in [0, 0.1) is 10.3 Å². The van der Waals surface area contributed by atoms with Crippen LogP contribution in [0.15, 0.2) is 65.0 Å². The number of fused-ring (bicyclic) bond motifs is 1. The molecule has 0 aromatic heterocycles. The smallest absolute Gasteiger partial charge is 0.163 e. The molecule has 1 aliphatic carbocycles. The van der Waals surface area contributed by atoms with Crippen LogP contribution in [0.5, 0.6) is 0 Å². The van der Waals surface area contributed by atoms with Crippen molar-refractivity contribution < 1.29 is 4.79 Å². The molecule has 5 nitrogen and oxygen atoms in total. The number of allylic oxidation sites excluding steroid dienone is 1. The first-order chi connectivity index (χ1) is 12.5. The Bertz CT molecular complexity index is 913. The van der Waals surface area contributed by atoms with Gasteiger partial charge in [0.15, 0.2) is 5.78 Å². The summed E-state index contributed by atoms with van der Waals surface area (Å²) in [4.78, 5) is 23.8. The van der Waals surface area contributed by atoms with E-state index in [9.17, 15) is 9.70 Å². The topological polar surface area (TPSA) is 70.6 Å². The van der Waals surface area contributed by atoms with Crippen LogP contribution in [0.25, 0.3) is 0 Å². The van der Waals surface area contributed by atoms with Crippen molar-refractivity contribution in [3.8, 4) is 0 Å². The molecule has 0 radical (unpaired) electrons. The van der Waals surface area contributed by atoms with Gasteiger partial charge in [0.1, 0.15) is 5.69 Å². The molecule has 1 heterocycles. The lowest BCUT2D eigenvalue weighted by Crippen LogP contribution is -2.31. The Kier molecular flexibility index (Phi) is 3.87. The quantitative estimate of drug-likeness (QED) is 0.723. The van der Waals surface area contributed by atoms with Gasteiger partial charge in [-0.1, -0.05) is 38.1 Å². The Hall–Kier alpha value is -2.95. The predicted octanol–water partition coefficient (Wildman–Crippen LogP) is 5.31. The van der Waals surface area contributed by atoms with E-state index in [1.165, 1.54) is 0 Å². The SMILES string of the molecule is CC1(C)CC(=O)C2=C(C1)Nc1ccccc1NC2c1ccc(N=O)cc1. The van der Waals surface area contributed by atoms with Crippen molar-refractivity contribution in [3.05, 3.63) is 70.3 Å². The number of ketones is 1. The van der Waals surface area contributed by atoms with Gasteiger partial charge in [0.25, 0.3) is 0 Å². The lowest BCUT2D eigenvalue weighted by atomic mass is 9.73. The second kappa shape index (κ2) is 6.09. The first-order valence-corrected chi connectivity index (χ1v) is 8.79. The fourth-order valence-electron chi connectivity index (χ4n) is 3.87. The lowest BCUT2D eigenvalue weighted by molar-refractivity contribution is -0.118. The van der Waals surface area contributed by atoms with Gasteiger partial charge in [0, 0.05) is 17.7 Å². The molecule has 0 spiro atoms. The van der Waals surface area contributed by atoms with E-state index in [1.807, 2.05) is 36.4 Å². The summed E-state index contributed by atoms with van der Waals surface area (Å²) in [5.41, 5.74) is 4.94. The van der Waals surface area contributed by atoms with Crippen molar-refractivity contribution in [2.24, 2.45) is 10.6 Å². The van der Waals surface area contributed by atoms with Crippen LogP contribution in [-0.4, -0.2) is 5.78 Å². The van der Waals surface area contributed by atoms with Crippen molar-refractivity contribution in [2.75, 3.05) is 10.6 Å². The number of carbonyl (C=O) groups excluding carboxylic acids is 1. The summed E-state index contributed by atoms with van der Waals surface area (Å²) in [7, 11) is 0. The van der Waals surface area contributed by atoms with Gasteiger partial charge in [-0.25, -0.2) is 0 Å². The normalized spacial score (nSPS) is 21.0. The Balaban J connectivity index is 1.86. The van der Waals surface area contributed by atoms with Gasteiger partial charge in [0.05, 0.1) is 17.4 Å². The number of nitrogens with one attached hydrogen (secondary N) is 2. The van der Waals surface area contributed by atoms with Crippen LogP contribution < -0.4 is 10.6 Å². The monoisotopic (exact) mass is 347 g/mol. The molecule has 2 aromatic rings. The van der Waals surface area contributed by atoms with E-state index in [1.54, 1.807) is 12.1 Å². The van der Waals surface area contributed by atoms with Crippen LogP contribution >= 0.6 is 0 Å². The molecule has 2 aliphatic rings. The second-order valence-electron chi connectivity index (χ2n) is 7.76. The molecule has 0 saturated heterocycles. The van der Waals surface area contributed by atoms with Gasteiger partial charge in [-0.2, -0.15) is 0 Å². The van der Waals surface area contributed by atoms with Gasteiger partial charge in [-0.05, 0) is 46.8 Å². The van der Waals surface area contributed by atoms with Gasteiger partial charge < -0.3 is 10.6 Å². The minimum atomic E-state index is -0.259. The Morgan fingerprint density at radius 3 is 2.38 bits per heavy atom. The van der Waals surface area contributed by atoms with E-state index in [0.29, 0.717) is 12.1 Å². The number of benzene rings is 2. The molecule has 0 saturated carbocycles. The van der Waals surface area contributed by atoms with E-state index in [0.717, 1.165) is 34.6 Å². The molecule has 2 aromatic carbocycles. The number of rotatable bonds is 2. The summed E-state index contributed by atoms with van der Waals surface area (Å²) in [5.74, 6) is 0.159. The Morgan fingerprint density at radius 2 is 1.69 bits per heavy atom. The molecule has 1 aliphatic heterocycles. The summed E-state index contributed by atoms with van der Waals surface area (Å²) in [6.07, 6.45) is 1.34. The zero-order valence-corrected chi connectivity index (χ0v) is 14.9. The van der Waals surface area contributed by atoms with Gasteiger partial charge in [-0.15, -0.1) is 4.91 Å². The maximum Gasteiger partial charge on any atom is 0.163 e. The summed E-state index contributed by atoms with van der Waals surface area (Å²) in [5, 5.41) is 9.98. The van der Waals surface area contributed by atoms with Gasteiger partial charge in [-0.3, -0.25) is 4.79 Å². The second-order valence-corrected chi connectivity index (χ2v) is 7.76. The highest BCUT2D eigenvalue weighted by Crippen LogP contribution is 2.45. The maximum atomic E-state index is 13.0. The molecule has 4 rings (SSSR count). The number of nitroso groups, excluding NO2 is 1. The molecule has 132 valence electrons. The molecule has 5 heteroatoms. The number of hydrogen-bond acceptors (Lipinski definition) is 5. The fraction of sp³-hybridized carbons (Fsp3) is 0.286. The van der Waals surface area contributed by atoms with E-state index < -0.39 is 0 Å². The zero-order chi connectivity index (χ0) is 18.3. The molecule has 1 unspecified atom stereocenters. The third kappa shape index (κ3) is 2.90. The molecule has 0 fully saturated rings. The van der Waals surface area contributed by atoms with Crippen LogP contribution in [-0.2, 0) is 4.79 Å². The third-order valence-electron chi connectivity index (χ3n) is 5.05. The molecule has 1 atom stereocenters. The summed E-state index contributed by atoms with van der Waals surface area (Å²) < 4.78 is 0. The van der Waals surface area contributed by atoms with Crippen LogP contribution in [0.2, 0.25) is 0 Å². The van der Waals surface area contributed by atoms with E-state index in [4.69, 9.17) is 0 Å².